The van der Waals surface area contributed by atoms with Crippen LogP contribution in [0, 0.1) is 0 Å². The zero-order chi connectivity index (χ0) is 12.4. The molecular weight excluding hydrogens is 216 g/mol. The lowest BCUT2D eigenvalue weighted by atomic mass is 10.1. The number of aromatic hydroxyl groups is 1. The van der Waals surface area contributed by atoms with Crippen LogP contribution in [0.5, 0.6) is 5.75 Å². The second kappa shape index (κ2) is 4.94. The maximum atomic E-state index is 9.39. The Balaban J connectivity index is 2.06. The van der Waals surface area contributed by atoms with Gasteiger partial charge >= 0.3 is 0 Å². The summed E-state index contributed by atoms with van der Waals surface area (Å²) in [5, 5.41) is 9.39. The van der Waals surface area contributed by atoms with E-state index in [1.807, 2.05) is 12.1 Å². The number of hydrogen-bond donors (Lipinski definition) is 2. The van der Waals surface area contributed by atoms with Gasteiger partial charge in [-0.1, -0.05) is 6.07 Å². The van der Waals surface area contributed by atoms with Crippen LogP contribution in [0.2, 0.25) is 0 Å². The number of anilines is 1. The van der Waals surface area contributed by atoms with E-state index >= 15 is 0 Å². The van der Waals surface area contributed by atoms with E-state index in [4.69, 9.17) is 10.5 Å². The zero-order valence-corrected chi connectivity index (χ0v) is 10.4. The number of hydrogen-bond acceptors (Lipinski definition) is 4. The van der Waals surface area contributed by atoms with E-state index in [0.717, 1.165) is 25.3 Å². The summed E-state index contributed by atoms with van der Waals surface area (Å²) in [7, 11) is 0. The average Bonchev–Trinajstić information content (AvgIpc) is 2.29. The van der Waals surface area contributed by atoms with Gasteiger partial charge in [0.1, 0.15) is 5.75 Å². The number of nitrogens with two attached hydrogens (primary N) is 1. The Kier molecular flexibility index (Phi) is 3.54. The van der Waals surface area contributed by atoms with Crippen LogP contribution in [-0.2, 0) is 11.3 Å². The van der Waals surface area contributed by atoms with E-state index in [0.29, 0.717) is 11.7 Å². The van der Waals surface area contributed by atoms with Crippen molar-refractivity contribution in [2.45, 2.75) is 32.5 Å². The van der Waals surface area contributed by atoms with Crippen LogP contribution in [0.15, 0.2) is 18.2 Å². The van der Waals surface area contributed by atoms with Crippen molar-refractivity contribution < 1.29 is 9.84 Å². The summed E-state index contributed by atoms with van der Waals surface area (Å²) in [5.41, 5.74) is 7.26. The number of benzene rings is 1. The van der Waals surface area contributed by atoms with Crippen LogP contribution in [0.1, 0.15) is 19.4 Å². The predicted octanol–water partition coefficient (Wildman–Crippen LogP) is 1.58. The maximum Gasteiger partial charge on any atom is 0.138 e. The Morgan fingerprint density at radius 3 is 2.94 bits per heavy atom. The van der Waals surface area contributed by atoms with Crippen LogP contribution in [0.25, 0.3) is 0 Å². The van der Waals surface area contributed by atoms with E-state index in [-0.39, 0.29) is 11.9 Å². The van der Waals surface area contributed by atoms with Crippen molar-refractivity contribution in [2.75, 3.05) is 18.9 Å². The quantitative estimate of drug-likeness (QED) is 0.604. The molecule has 0 aromatic heterocycles. The van der Waals surface area contributed by atoms with Gasteiger partial charge in [0, 0.05) is 19.1 Å². The third kappa shape index (κ3) is 2.90. The van der Waals surface area contributed by atoms with Gasteiger partial charge in [-0.05, 0) is 31.5 Å². The van der Waals surface area contributed by atoms with Gasteiger partial charge in [-0.25, -0.2) is 0 Å². The van der Waals surface area contributed by atoms with E-state index in [1.165, 1.54) is 0 Å². The molecule has 0 amide bonds. The molecule has 1 aromatic rings. The van der Waals surface area contributed by atoms with Gasteiger partial charge in [-0.3, -0.25) is 4.90 Å². The molecule has 0 bridgehead atoms. The fourth-order valence-corrected chi connectivity index (χ4v) is 2.13. The lowest BCUT2D eigenvalue weighted by Crippen LogP contribution is -2.46. The molecule has 2 atom stereocenters. The molecule has 1 aromatic carbocycles. The van der Waals surface area contributed by atoms with Gasteiger partial charge in [0.2, 0.25) is 0 Å². The Morgan fingerprint density at radius 2 is 2.24 bits per heavy atom. The van der Waals surface area contributed by atoms with Gasteiger partial charge in [-0.15, -0.1) is 0 Å². The molecule has 4 nitrogen and oxygen atoms in total. The molecule has 1 saturated heterocycles. The number of ether oxygens (including phenoxy) is 1. The Morgan fingerprint density at radius 1 is 1.47 bits per heavy atom. The molecule has 0 spiro atoms. The fourth-order valence-electron chi connectivity index (χ4n) is 2.13. The third-order valence-electron chi connectivity index (χ3n) is 3.21. The first kappa shape index (κ1) is 12.2. The molecule has 1 heterocycles. The largest absolute Gasteiger partial charge is 0.506 e. The van der Waals surface area contributed by atoms with Crippen LogP contribution in [-0.4, -0.2) is 35.3 Å². The molecule has 2 rings (SSSR count). The van der Waals surface area contributed by atoms with Crippen LogP contribution >= 0.6 is 0 Å². The average molecular weight is 236 g/mol. The zero-order valence-electron chi connectivity index (χ0n) is 10.4. The van der Waals surface area contributed by atoms with Crippen LogP contribution < -0.4 is 5.73 Å². The number of phenolic OH excluding ortho intramolecular Hbond substituents is 1. The molecule has 0 aliphatic carbocycles. The normalized spacial score (nSPS) is 26.0. The van der Waals surface area contributed by atoms with Gasteiger partial charge in [0.05, 0.1) is 18.4 Å². The van der Waals surface area contributed by atoms with Crippen molar-refractivity contribution in [3.05, 3.63) is 23.8 Å². The molecule has 17 heavy (non-hydrogen) atoms. The van der Waals surface area contributed by atoms with Crippen LogP contribution in [0.3, 0.4) is 0 Å². The molecule has 4 heteroatoms. The van der Waals surface area contributed by atoms with Gasteiger partial charge in [0.15, 0.2) is 0 Å². The van der Waals surface area contributed by atoms with Gasteiger partial charge < -0.3 is 15.6 Å². The van der Waals surface area contributed by atoms with Crippen molar-refractivity contribution in [3.63, 3.8) is 0 Å². The molecule has 1 aliphatic rings. The highest BCUT2D eigenvalue weighted by atomic mass is 16.5. The number of morpholine rings is 1. The second-order valence-electron chi connectivity index (χ2n) is 4.82. The SMILES string of the molecule is CC1CN(Cc2ccc(O)c(N)c2)C(C)CO1. The van der Waals surface area contributed by atoms with Crippen LogP contribution in [0.4, 0.5) is 5.69 Å². The molecule has 94 valence electrons. The molecular formula is C13H20N2O2. The lowest BCUT2D eigenvalue weighted by Gasteiger charge is -2.36. The number of phenols is 1. The summed E-state index contributed by atoms with van der Waals surface area (Å²) in [6, 6.07) is 5.82. The predicted molar refractivity (Wildman–Crippen MR) is 67.8 cm³/mol. The standard InChI is InChI=1S/C13H20N2O2/c1-9-8-17-10(2)6-15(9)7-11-3-4-13(16)12(14)5-11/h3-5,9-10,16H,6-8,14H2,1-2H3. The van der Waals surface area contributed by atoms with Crippen molar-refractivity contribution in [2.24, 2.45) is 0 Å². The number of nitrogen functional groups attached to an aromatic ring is 1. The number of nitrogens with zero attached hydrogens (tertiary/aromatic N) is 1. The minimum Gasteiger partial charge on any atom is -0.506 e. The molecule has 0 radical (unpaired) electrons. The molecule has 2 unspecified atom stereocenters. The first-order chi connectivity index (χ1) is 8.06. The molecule has 1 fully saturated rings. The highest BCUT2D eigenvalue weighted by Crippen LogP contribution is 2.22. The third-order valence-corrected chi connectivity index (χ3v) is 3.21. The second-order valence-corrected chi connectivity index (χ2v) is 4.82. The minimum absolute atomic E-state index is 0.150. The van der Waals surface area contributed by atoms with Crippen molar-refractivity contribution >= 4 is 5.69 Å². The highest BCUT2D eigenvalue weighted by molar-refractivity contribution is 5.53. The monoisotopic (exact) mass is 236 g/mol. The summed E-state index contributed by atoms with van der Waals surface area (Å²) < 4.78 is 5.59. The number of rotatable bonds is 2. The summed E-state index contributed by atoms with van der Waals surface area (Å²) >= 11 is 0. The van der Waals surface area contributed by atoms with E-state index < -0.39 is 0 Å². The molecule has 3 N–H and O–H groups in total. The minimum atomic E-state index is 0.150. The lowest BCUT2D eigenvalue weighted by molar-refractivity contribution is -0.0526. The smallest absolute Gasteiger partial charge is 0.138 e. The molecule has 0 saturated carbocycles. The van der Waals surface area contributed by atoms with Crippen molar-refractivity contribution in [1.29, 1.82) is 0 Å². The van der Waals surface area contributed by atoms with E-state index in [1.54, 1.807) is 6.07 Å². The summed E-state index contributed by atoms with van der Waals surface area (Å²) in [4.78, 5) is 2.37. The summed E-state index contributed by atoms with van der Waals surface area (Å²) in [6.07, 6.45) is 0.278. The van der Waals surface area contributed by atoms with E-state index in [9.17, 15) is 5.11 Å². The summed E-state index contributed by atoms with van der Waals surface area (Å²) in [6.45, 7) is 6.80. The van der Waals surface area contributed by atoms with Crippen molar-refractivity contribution in [1.82, 2.24) is 4.90 Å². The maximum absolute atomic E-state index is 9.39. The van der Waals surface area contributed by atoms with Crippen molar-refractivity contribution in [3.8, 4) is 5.75 Å². The van der Waals surface area contributed by atoms with Gasteiger partial charge in [0.25, 0.3) is 0 Å². The van der Waals surface area contributed by atoms with Gasteiger partial charge in [-0.2, -0.15) is 0 Å². The highest BCUT2D eigenvalue weighted by Gasteiger charge is 2.23. The first-order valence-electron chi connectivity index (χ1n) is 5.99. The topological polar surface area (TPSA) is 58.7 Å². The Hall–Kier alpha value is -1.26. The van der Waals surface area contributed by atoms with E-state index in [2.05, 4.69) is 18.7 Å². The first-order valence-corrected chi connectivity index (χ1v) is 5.99. The Labute approximate surface area is 102 Å². The fraction of sp³-hybridized carbons (Fsp3) is 0.538. The Bertz CT molecular complexity index is 395. The summed E-state index contributed by atoms with van der Waals surface area (Å²) in [5.74, 6) is 0.150. The molecule has 1 aliphatic heterocycles.